The van der Waals surface area contributed by atoms with E-state index < -0.39 is 4.92 Å². The Morgan fingerprint density at radius 3 is 2.64 bits per heavy atom. The molecule has 1 rings (SSSR count). The van der Waals surface area contributed by atoms with Gasteiger partial charge in [0.25, 0.3) is 5.69 Å². The molecule has 0 radical (unpaired) electrons. The number of nitrogens with zero attached hydrogens (tertiary/aromatic N) is 1. The first kappa shape index (κ1) is 10.7. The van der Waals surface area contributed by atoms with Crippen molar-refractivity contribution in [2.45, 2.75) is 18.2 Å². The van der Waals surface area contributed by atoms with E-state index in [0.717, 1.165) is 0 Å². The third-order valence-electron chi connectivity index (χ3n) is 1.72. The molecule has 1 aromatic rings. The molecule has 0 aliphatic carbocycles. The summed E-state index contributed by atoms with van der Waals surface area (Å²) in [5.41, 5.74) is 0.703. The Hall–Kier alpha value is -1.36. The van der Waals surface area contributed by atoms with Crippen LogP contribution in [-0.4, -0.2) is 10.7 Å². The van der Waals surface area contributed by atoms with Gasteiger partial charge in [-0.25, -0.2) is 0 Å². The zero-order valence-corrected chi connectivity index (χ0v) is 8.45. The second-order valence-corrected chi connectivity index (χ2v) is 3.43. The minimum atomic E-state index is -0.489. The van der Waals surface area contributed by atoms with Crippen molar-refractivity contribution in [3.05, 3.63) is 33.9 Å². The Bertz CT molecular complexity index is 390. The first-order valence-corrected chi connectivity index (χ1v) is 4.41. The summed E-state index contributed by atoms with van der Waals surface area (Å²) in [5, 5.41) is 10.4. The second-order valence-electron chi connectivity index (χ2n) is 2.95. The molecule has 0 saturated carbocycles. The lowest BCUT2D eigenvalue weighted by atomic mass is 10.1. The molecule has 14 heavy (non-hydrogen) atoms. The minimum Gasteiger partial charge on any atom is -0.300 e. The van der Waals surface area contributed by atoms with Gasteiger partial charge in [0.1, 0.15) is 5.78 Å². The number of carbonyl (C=O) groups is 1. The summed E-state index contributed by atoms with van der Waals surface area (Å²) >= 11 is 4.08. The normalized spacial score (nSPS) is 9.86. The number of carbonyl (C=O) groups excluding carboxylic acids is 1. The standard InChI is InChI=1S/C9H9NO3S/c1-6(11)4-7-2-3-8(10(12)13)5-9(7)14/h2-3,5,14H,4H2,1H3. The van der Waals surface area contributed by atoms with Crippen LogP contribution in [0.15, 0.2) is 23.1 Å². The predicted octanol–water partition coefficient (Wildman–Crippen LogP) is 2.02. The smallest absolute Gasteiger partial charge is 0.270 e. The van der Waals surface area contributed by atoms with Crippen molar-refractivity contribution in [1.29, 1.82) is 0 Å². The summed E-state index contributed by atoms with van der Waals surface area (Å²) in [4.78, 5) is 21.2. The van der Waals surface area contributed by atoms with E-state index in [0.29, 0.717) is 10.5 Å². The van der Waals surface area contributed by atoms with Crippen LogP contribution in [0.4, 0.5) is 5.69 Å². The van der Waals surface area contributed by atoms with Gasteiger partial charge >= 0.3 is 0 Å². The summed E-state index contributed by atoms with van der Waals surface area (Å²) in [6.45, 7) is 1.47. The fourth-order valence-electron chi connectivity index (χ4n) is 1.08. The number of nitro benzene ring substituents is 1. The lowest BCUT2D eigenvalue weighted by Crippen LogP contribution is -1.98. The molecule has 0 saturated heterocycles. The van der Waals surface area contributed by atoms with Gasteiger partial charge in [-0.1, -0.05) is 6.07 Å². The molecule has 1 aromatic carbocycles. The average molecular weight is 211 g/mol. The average Bonchev–Trinajstić information content (AvgIpc) is 2.07. The zero-order valence-electron chi connectivity index (χ0n) is 7.56. The molecular weight excluding hydrogens is 202 g/mol. The molecule has 5 heteroatoms. The van der Waals surface area contributed by atoms with Gasteiger partial charge < -0.3 is 0 Å². The highest BCUT2D eigenvalue weighted by molar-refractivity contribution is 7.80. The van der Waals surface area contributed by atoms with Crippen molar-refractivity contribution in [3.63, 3.8) is 0 Å². The van der Waals surface area contributed by atoms with Crippen LogP contribution in [0.3, 0.4) is 0 Å². The number of benzene rings is 1. The number of hydrogen-bond donors (Lipinski definition) is 1. The van der Waals surface area contributed by atoms with Crippen molar-refractivity contribution in [2.24, 2.45) is 0 Å². The van der Waals surface area contributed by atoms with Crippen LogP contribution in [0.1, 0.15) is 12.5 Å². The third-order valence-corrected chi connectivity index (χ3v) is 2.14. The lowest BCUT2D eigenvalue weighted by Gasteiger charge is -2.01. The molecule has 0 spiro atoms. The first-order chi connectivity index (χ1) is 6.50. The summed E-state index contributed by atoms with van der Waals surface area (Å²) in [6, 6.07) is 4.28. The van der Waals surface area contributed by atoms with Gasteiger partial charge in [-0.15, -0.1) is 12.6 Å². The van der Waals surface area contributed by atoms with Crippen LogP contribution >= 0.6 is 12.6 Å². The molecule has 4 nitrogen and oxygen atoms in total. The van der Waals surface area contributed by atoms with Crippen molar-refractivity contribution in [1.82, 2.24) is 0 Å². The highest BCUT2D eigenvalue weighted by Gasteiger charge is 2.09. The number of nitro groups is 1. The molecule has 0 atom stereocenters. The molecule has 0 N–H and O–H groups in total. The molecular formula is C9H9NO3S. The number of Topliss-reactive ketones (excluding diaryl/α,β-unsaturated/α-hetero) is 1. The Labute approximate surface area is 86.5 Å². The summed E-state index contributed by atoms with van der Waals surface area (Å²) in [5.74, 6) is 0.00848. The fourth-order valence-corrected chi connectivity index (χ4v) is 1.37. The van der Waals surface area contributed by atoms with Gasteiger partial charge in [-0.05, 0) is 12.5 Å². The van der Waals surface area contributed by atoms with Gasteiger partial charge in [0.05, 0.1) is 4.92 Å². The van der Waals surface area contributed by atoms with E-state index in [1.807, 2.05) is 0 Å². The summed E-state index contributed by atoms with van der Waals surface area (Å²) < 4.78 is 0. The molecule has 0 aromatic heterocycles. The van der Waals surface area contributed by atoms with Crippen LogP contribution < -0.4 is 0 Å². The monoisotopic (exact) mass is 211 g/mol. The molecule has 0 unspecified atom stereocenters. The van der Waals surface area contributed by atoms with Crippen LogP contribution in [0, 0.1) is 10.1 Å². The van der Waals surface area contributed by atoms with E-state index in [1.54, 1.807) is 6.07 Å². The topological polar surface area (TPSA) is 60.2 Å². The Balaban J connectivity index is 3.01. The van der Waals surface area contributed by atoms with Crippen LogP contribution in [0.25, 0.3) is 0 Å². The van der Waals surface area contributed by atoms with E-state index in [1.165, 1.54) is 19.1 Å². The van der Waals surface area contributed by atoms with Crippen LogP contribution in [0.2, 0.25) is 0 Å². The highest BCUT2D eigenvalue weighted by Crippen LogP contribution is 2.21. The Morgan fingerprint density at radius 1 is 1.57 bits per heavy atom. The minimum absolute atomic E-state index is 0.00848. The maximum atomic E-state index is 10.8. The number of ketones is 1. The lowest BCUT2D eigenvalue weighted by molar-refractivity contribution is -0.385. The third kappa shape index (κ3) is 2.56. The summed E-state index contributed by atoms with van der Waals surface area (Å²) in [6.07, 6.45) is 0.261. The van der Waals surface area contributed by atoms with Crippen molar-refractivity contribution in [2.75, 3.05) is 0 Å². The molecule has 0 aliphatic heterocycles. The van der Waals surface area contributed by atoms with Crippen molar-refractivity contribution in [3.8, 4) is 0 Å². The van der Waals surface area contributed by atoms with Gasteiger partial charge in [-0.2, -0.15) is 0 Å². The maximum absolute atomic E-state index is 10.8. The van der Waals surface area contributed by atoms with E-state index in [2.05, 4.69) is 12.6 Å². The SMILES string of the molecule is CC(=O)Cc1ccc([N+](=O)[O-])cc1S. The molecule has 74 valence electrons. The van der Waals surface area contributed by atoms with Crippen LogP contribution in [-0.2, 0) is 11.2 Å². The van der Waals surface area contributed by atoms with Gasteiger partial charge in [0.15, 0.2) is 0 Å². The van der Waals surface area contributed by atoms with Gasteiger partial charge in [0.2, 0.25) is 0 Å². The molecule has 0 heterocycles. The van der Waals surface area contributed by atoms with E-state index in [-0.39, 0.29) is 17.9 Å². The van der Waals surface area contributed by atoms with Crippen molar-refractivity contribution < 1.29 is 9.72 Å². The predicted molar refractivity (Wildman–Crippen MR) is 54.7 cm³/mol. The Kier molecular flexibility index (Phi) is 3.24. The fraction of sp³-hybridized carbons (Fsp3) is 0.222. The van der Waals surface area contributed by atoms with E-state index in [9.17, 15) is 14.9 Å². The van der Waals surface area contributed by atoms with Crippen LogP contribution in [0.5, 0.6) is 0 Å². The molecule has 0 fully saturated rings. The van der Waals surface area contributed by atoms with E-state index >= 15 is 0 Å². The number of hydrogen-bond acceptors (Lipinski definition) is 4. The molecule has 0 bridgehead atoms. The second kappa shape index (κ2) is 4.23. The van der Waals surface area contributed by atoms with E-state index in [4.69, 9.17) is 0 Å². The summed E-state index contributed by atoms with van der Waals surface area (Å²) in [7, 11) is 0. The highest BCUT2D eigenvalue weighted by atomic mass is 32.1. The first-order valence-electron chi connectivity index (χ1n) is 3.96. The van der Waals surface area contributed by atoms with Crippen molar-refractivity contribution >= 4 is 24.1 Å². The Morgan fingerprint density at radius 2 is 2.21 bits per heavy atom. The molecule has 0 amide bonds. The van der Waals surface area contributed by atoms with Gasteiger partial charge in [0, 0.05) is 23.4 Å². The number of non-ortho nitro benzene ring substituents is 1. The maximum Gasteiger partial charge on any atom is 0.270 e. The zero-order chi connectivity index (χ0) is 10.7. The van der Waals surface area contributed by atoms with Gasteiger partial charge in [-0.3, -0.25) is 14.9 Å². The molecule has 0 aliphatic rings. The quantitative estimate of drug-likeness (QED) is 0.472. The number of rotatable bonds is 3. The largest absolute Gasteiger partial charge is 0.300 e. The number of thiol groups is 1.